The summed E-state index contributed by atoms with van der Waals surface area (Å²) in [7, 11) is 1.56. The normalized spacial score (nSPS) is 11.1. The van der Waals surface area contributed by atoms with E-state index in [9.17, 15) is 4.79 Å². The number of carbonyl (C=O) groups excluding carboxylic acids is 1. The summed E-state index contributed by atoms with van der Waals surface area (Å²) in [6.45, 7) is 5.17. The second-order valence-corrected chi connectivity index (χ2v) is 4.22. The highest BCUT2D eigenvalue weighted by molar-refractivity contribution is 6.04. The third-order valence-electron chi connectivity index (χ3n) is 2.47. The number of nitrogens with zero attached hydrogens (tertiary/aromatic N) is 1. The smallest absolute Gasteiger partial charge is 0.291 e. The molecular formula is C15H22N2O3. The van der Waals surface area contributed by atoms with Gasteiger partial charge in [-0.25, -0.2) is 4.99 Å². The first-order chi connectivity index (χ1) is 9.71. The predicted octanol–water partition coefficient (Wildman–Crippen LogP) is 2.62. The largest absolute Gasteiger partial charge is 0.497 e. The molecule has 0 heterocycles. The summed E-state index contributed by atoms with van der Waals surface area (Å²) in [6, 6.07) is 7.23. The maximum Gasteiger partial charge on any atom is 0.291 e. The van der Waals surface area contributed by atoms with Crippen LogP contribution < -0.4 is 10.1 Å². The lowest BCUT2D eigenvalue weighted by molar-refractivity contribution is 0.0965. The standard InChI is InChI=1S/C15H22N2O3/c1-4-9-16-15(20-10-5-2)17-14(18)12-7-6-8-13(11-12)19-3/h6-8,11H,4-5,9-10H2,1-3H3,(H,16,17,18). The molecule has 1 aromatic carbocycles. The zero-order valence-corrected chi connectivity index (χ0v) is 12.3. The van der Waals surface area contributed by atoms with Gasteiger partial charge in [-0.1, -0.05) is 19.9 Å². The molecule has 5 nitrogen and oxygen atoms in total. The molecule has 20 heavy (non-hydrogen) atoms. The molecule has 0 atom stereocenters. The number of amides is 1. The molecule has 1 aromatic rings. The second-order valence-electron chi connectivity index (χ2n) is 4.22. The first kappa shape index (κ1) is 16.0. The Morgan fingerprint density at radius 1 is 1.30 bits per heavy atom. The molecule has 0 bridgehead atoms. The van der Waals surface area contributed by atoms with E-state index in [-0.39, 0.29) is 11.9 Å². The lowest BCUT2D eigenvalue weighted by Crippen LogP contribution is -2.33. The summed E-state index contributed by atoms with van der Waals surface area (Å²) in [5.74, 6) is 0.383. The predicted molar refractivity (Wildman–Crippen MR) is 79.3 cm³/mol. The highest BCUT2D eigenvalue weighted by Gasteiger charge is 2.10. The Balaban J connectivity index is 2.73. The fraction of sp³-hybridized carbons (Fsp3) is 0.467. The zero-order valence-electron chi connectivity index (χ0n) is 12.3. The van der Waals surface area contributed by atoms with Gasteiger partial charge in [0.05, 0.1) is 13.7 Å². The molecule has 0 aliphatic heterocycles. The van der Waals surface area contributed by atoms with Gasteiger partial charge in [0.1, 0.15) is 5.75 Å². The molecule has 5 heteroatoms. The van der Waals surface area contributed by atoms with Gasteiger partial charge in [0.25, 0.3) is 11.9 Å². The lowest BCUT2D eigenvalue weighted by Gasteiger charge is -2.10. The van der Waals surface area contributed by atoms with Crippen molar-refractivity contribution >= 4 is 11.9 Å². The third kappa shape index (κ3) is 5.30. The molecule has 0 aliphatic rings. The number of ether oxygens (including phenoxy) is 2. The van der Waals surface area contributed by atoms with Crippen LogP contribution in [0.2, 0.25) is 0 Å². The lowest BCUT2D eigenvalue weighted by atomic mass is 10.2. The van der Waals surface area contributed by atoms with Gasteiger partial charge >= 0.3 is 0 Å². The zero-order chi connectivity index (χ0) is 14.8. The molecule has 0 saturated carbocycles. The van der Waals surface area contributed by atoms with Crippen LogP contribution in [0.1, 0.15) is 37.0 Å². The fourth-order valence-corrected chi connectivity index (χ4v) is 1.47. The Bertz CT molecular complexity index is 458. The van der Waals surface area contributed by atoms with Crippen molar-refractivity contribution in [3.8, 4) is 5.75 Å². The van der Waals surface area contributed by atoms with Gasteiger partial charge in [0.15, 0.2) is 0 Å². The summed E-state index contributed by atoms with van der Waals surface area (Å²) in [5, 5.41) is 2.69. The van der Waals surface area contributed by atoms with Crippen molar-refractivity contribution < 1.29 is 14.3 Å². The molecule has 0 unspecified atom stereocenters. The molecule has 0 aliphatic carbocycles. The minimum absolute atomic E-state index is 0.255. The van der Waals surface area contributed by atoms with Crippen LogP contribution in [0, 0.1) is 0 Å². The van der Waals surface area contributed by atoms with E-state index in [1.807, 2.05) is 13.8 Å². The SMILES string of the molecule is CCCN=C(NC(=O)c1cccc(OC)c1)OCCC. The minimum Gasteiger partial charge on any atom is -0.497 e. The number of benzene rings is 1. The van der Waals surface area contributed by atoms with Crippen molar-refractivity contribution in [1.82, 2.24) is 5.32 Å². The summed E-state index contributed by atoms with van der Waals surface area (Å²) >= 11 is 0. The Morgan fingerprint density at radius 3 is 2.75 bits per heavy atom. The van der Waals surface area contributed by atoms with Gasteiger partial charge in [0, 0.05) is 12.1 Å². The van der Waals surface area contributed by atoms with Crippen molar-refractivity contribution in [3.63, 3.8) is 0 Å². The van der Waals surface area contributed by atoms with Crippen molar-refractivity contribution in [2.75, 3.05) is 20.3 Å². The van der Waals surface area contributed by atoms with Crippen molar-refractivity contribution in [1.29, 1.82) is 0 Å². The first-order valence-corrected chi connectivity index (χ1v) is 6.83. The molecule has 110 valence electrons. The molecule has 0 aromatic heterocycles. The van der Waals surface area contributed by atoms with Crippen molar-refractivity contribution in [2.45, 2.75) is 26.7 Å². The monoisotopic (exact) mass is 278 g/mol. The van der Waals surface area contributed by atoms with E-state index >= 15 is 0 Å². The topological polar surface area (TPSA) is 59.9 Å². The van der Waals surface area contributed by atoms with Crippen LogP contribution >= 0.6 is 0 Å². The summed E-state index contributed by atoms with van der Waals surface area (Å²) < 4.78 is 10.5. The molecule has 1 N–H and O–H groups in total. The number of carbonyl (C=O) groups is 1. The van der Waals surface area contributed by atoms with Crippen LogP contribution in [0.15, 0.2) is 29.3 Å². The summed E-state index contributed by atoms with van der Waals surface area (Å²) in [5.41, 5.74) is 0.508. The van der Waals surface area contributed by atoms with Crippen LogP contribution in [-0.4, -0.2) is 32.2 Å². The van der Waals surface area contributed by atoms with Crippen LogP contribution in [-0.2, 0) is 4.74 Å². The minimum atomic E-state index is -0.255. The van der Waals surface area contributed by atoms with Crippen LogP contribution in [0.25, 0.3) is 0 Å². The van der Waals surface area contributed by atoms with Gasteiger partial charge in [-0.3, -0.25) is 10.1 Å². The Kier molecular flexibility index (Phi) is 7.17. The van der Waals surface area contributed by atoms with E-state index in [1.54, 1.807) is 31.4 Å². The molecular weight excluding hydrogens is 256 g/mol. The quantitative estimate of drug-likeness (QED) is 0.642. The number of nitrogens with one attached hydrogen (secondary N) is 1. The molecule has 1 amide bonds. The van der Waals surface area contributed by atoms with E-state index in [2.05, 4.69) is 10.3 Å². The van der Waals surface area contributed by atoms with Crippen LogP contribution in [0.3, 0.4) is 0 Å². The van der Waals surface area contributed by atoms with E-state index < -0.39 is 0 Å². The molecule has 1 rings (SSSR count). The maximum atomic E-state index is 12.1. The van der Waals surface area contributed by atoms with Crippen LogP contribution in [0.5, 0.6) is 5.75 Å². The van der Waals surface area contributed by atoms with Crippen LogP contribution in [0.4, 0.5) is 0 Å². The van der Waals surface area contributed by atoms with Gasteiger partial charge in [-0.15, -0.1) is 0 Å². The molecule has 0 fully saturated rings. The van der Waals surface area contributed by atoms with Gasteiger partial charge in [0.2, 0.25) is 0 Å². The van der Waals surface area contributed by atoms with E-state index in [1.165, 1.54) is 0 Å². The van der Waals surface area contributed by atoms with Gasteiger partial charge in [-0.2, -0.15) is 0 Å². The average Bonchev–Trinajstić information content (AvgIpc) is 2.49. The average molecular weight is 278 g/mol. The third-order valence-corrected chi connectivity index (χ3v) is 2.47. The number of hydrogen-bond acceptors (Lipinski definition) is 4. The molecule has 0 spiro atoms. The first-order valence-electron chi connectivity index (χ1n) is 6.83. The molecule has 0 saturated heterocycles. The summed E-state index contributed by atoms with van der Waals surface area (Å²) in [4.78, 5) is 16.3. The van der Waals surface area contributed by atoms with E-state index in [4.69, 9.17) is 9.47 Å². The maximum absolute atomic E-state index is 12.1. The Morgan fingerprint density at radius 2 is 2.10 bits per heavy atom. The number of rotatable bonds is 6. The van der Waals surface area contributed by atoms with Crippen molar-refractivity contribution in [3.05, 3.63) is 29.8 Å². The Hall–Kier alpha value is -2.04. The van der Waals surface area contributed by atoms with Gasteiger partial charge < -0.3 is 9.47 Å². The molecule has 0 radical (unpaired) electrons. The number of amidine groups is 1. The second kappa shape index (κ2) is 8.96. The van der Waals surface area contributed by atoms with E-state index in [0.29, 0.717) is 24.5 Å². The number of methoxy groups -OCH3 is 1. The summed E-state index contributed by atoms with van der Waals surface area (Å²) in [6.07, 6.45) is 1.76. The van der Waals surface area contributed by atoms with E-state index in [0.717, 1.165) is 12.8 Å². The van der Waals surface area contributed by atoms with Gasteiger partial charge in [-0.05, 0) is 31.0 Å². The number of aliphatic imine (C=N–C) groups is 1. The highest BCUT2D eigenvalue weighted by atomic mass is 16.5. The number of hydrogen-bond donors (Lipinski definition) is 1. The highest BCUT2D eigenvalue weighted by Crippen LogP contribution is 2.12. The Labute approximate surface area is 120 Å². The van der Waals surface area contributed by atoms with Crippen molar-refractivity contribution in [2.24, 2.45) is 4.99 Å². The fourth-order valence-electron chi connectivity index (χ4n) is 1.47.